The topological polar surface area (TPSA) is 60.4 Å². The molecule has 0 N–H and O–H groups in total. The predicted octanol–water partition coefficient (Wildman–Crippen LogP) is 4.19. The number of rotatable bonds is 8. The molecule has 0 aliphatic heterocycles. The quantitative estimate of drug-likeness (QED) is 0.405. The third-order valence-corrected chi connectivity index (χ3v) is 5.86. The van der Waals surface area contributed by atoms with Gasteiger partial charge in [-0.1, -0.05) is 26.2 Å². The van der Waals surface area contributed by atoms with Crippen LogP contribution in [0.4, 0.5) is 0 Å². The Kier molecular flexibility index (Phi) is 6.99. The van der Waals surface area contributed by atoms with Gasteiger partial charge in [0.1, 0.15) is 4.21 Å². The summed E-state index contributed by atoms with van der Waals surface area (Å²) in [7, 11) is 1.43. The maximum Gasteiger partial charge on any atom is 0.339 e. The lowest BCUT2D eigenvalue weighted by Gasteiger charge is -2.12. The Labute approximate surface area is 128 Å². The first-order valence-corrected chi connectivity index (χ1v) is 9.77. The van der Waals surface area contributed by atoms with Crippen molar-refractivity contribution in [1.82, 2.24) is 0 Å². The minimum Gasteiger partial charge on any atom is -0.459 e. The van der Waals surface area contributed by atoms with E-state index in [0.29, 0.717) is 0 Å². The highest BCUT2D eigenvalue weighted by atomic mass is 35.7. The Morgan fingerprint density at radius 3 is 2.65 bits per heavy atom. The Bertz CT molecular complexity index is 536. The lowest BCUT2D eigenvalue weighted by molar-refractivity contribution is 0.0320. The Morgan fingerprint density at radius 2 is 2.10 bits per heavy atom. The Morgan fingerprint density at radius 1 is 1.40 bits per heavy atom. The van der Waals surface area contributed by atoms with Gasteiger partial charge in [0.2, 0.25) is 0 Å². The van der Waals surface area contributed by atoms with Gasteiger partial charge in [-0.25, -0.2) is 13.2 Å². The average Bonchev–Trinajstić information content (AvgIpc) is 2.84. The first-order valence-electron chi connectivity index (χ1n) is 6.58. The molecule has 0 aromatic carbocycles. The molecule has 7 heteroatoms. The molecule has 0 spiro atoms. The Hall–Kier alpha value is -0.590. The largest absolute Gasteiger partial charge is 0.459 e. The van der Waals surface area contributed by atoms with Crippen LogP contribution in [0.15, 0.2) is 15.7 Å². The minimum absolute atomic E-state index is 0.0401. The summed E-state index contributed by atoms with van der Waals surface area (Å²) in [4.78, 5) is 11.8. The van der Waals surface area contributed by atoms with Crippen LogP contribution < -0.4 is 0 Å². The van der Waals surface area contributed by atoms with E-state index in [1.54, 1.807) is 0 Å². The van der Waals surface area contributed by atoms with Crippen LogP contribution in [0.1, 0.15) is 56.3 Å². The Balaban J connectivity index is 2.48. The first-order chi connectivity index (χ1) is 9.34. The lowest BCUT2D eigenvalue weighted by atomic mass is 10.1. The van der Waals surface area contributed by atoms with Crippen LogP contribution >= 0.6 is 22.0 Å². The molecule has 0 amide bonds. The van der Waals surface area contributed by atoms with Crippen LogP contribution in [0.2, 0.25) is 0 Å². The summed E-state index contributed by atoms with van der Waals surface area (Å²) in [6.07, 6.45) is 5.14. The molecule has 0 aliphatic rings. The van der Waals surface area contributed by atoms with Crippen LogP contribution in [0.3, 0.4) is 0 Å². The second kappa shape index (κ2) is 8.00. The van der Waals surface area contributed by atoms with Gasteiger partial charge in [-0.3, -0.25) is 0 Å². The molecule has 114 valence electrons. The number of unbranched alkanes of at least 4 members (excludes halogenated alkanes) is 3. The molecule has 1 unspecified atom stereocenters. The summed E-state index contributed by atoms with van der Waals surface area (Å²) in [5, 5.41) is 1.45. The SMILES string of the molecule is CCCCCCC(C)OC(=O)c1csc(S(=O)(=O)Cl)c1. The van der Waals surface area contributed by atoms with Crippen molar-refractivity contribution in [3.05, 3.63) is 17.0 Å². The zero-order valence-electron chi connectivity index (χ0n) is 11.6. The molecule has 1 heterocycles. The fourth-order valence-corrected chi connectivity index (χ4v) is 3.65. The summed E-state index contributed by atoms with van der Waals surface area (Å²) in [6, 6.07) is 1.25. The van der Waals surface area contributed by atoms with E-state index in [-0.39, 0.29) is 15.9 Å². The molecule has 0 saturated heterocycles. The minimum atomic E-state index is -3.78. The molecular weight excluding hydrogens is 320 g/mol. The van der Waals surface area contributed by atoms with Crippen LogP contribution in [-0.2, 0) is 13.8 Å². The van der Waals surface area contributed by atoms with Crippen molar-refractivity contribution < 1.29 is 17.9 Å². The molecule has 0 radical (unpaired) electrons. The maximum absolute atomic E-state index is 11.8. The van der Waals surface area contributed by atoms with Gasteiger partial charge in [0.15, 0.2) is 0 Å². The van der Waals surface area contributed by atoms with E-state index in [9.17, 15) is 13.2 Å². The lowest BCUT2D eigenvalue weighted by Crippen LogP contribution is -2.14. The number of ether oxygens (including phenoxy) is 1. The van der Waals surface area contributed by atoms with Crippen LogP contribution in [0.25, 0.3) is 0 Å². The van der Waals surface area contributed by atoms with Crippen LogP contribution in [0.5, 0.6) is 0 Å². The van der Waals surface area contributed by atoms with E-state index < -0.39 is 15.0 Å². The van der Waals surface area contributed by atoms with Gasteiger partial charge in [0.05, 0.1) is 11.7 Å². The molecule has 1 atom stereocenters. The van der Waals surface area contributed by atoms with Crippen molar-refractivity contribution in [2.75, 3.05) is 0 Å². The van der Waals surface area contributed by atoms with E-state index in [1.807, 2.05) is 6.92 Å². The van der Waals surface area contributed by atoms with Crippen molar-refractivity contribution in [3.63, 3.8) is 0 Å². The van der Waals surface area contributed by atoms with Crippen LogP contribution in [-0.4, -0.2) is 20.5 Å². The van der Waals surface area contributed by atoms with E-state index in [0.717, 1.165) is 30.6 Å². The van der Waals surface area contributed by atoms with Gasteiger partial charge in [-0.15, -0.1) is 11.3 Å². The highest BCUT2D eigenvalue weighted by molar-refractivity contribution is 8.15. The average molecular weight is 339 g/mol. The number of hydrogen-bond donors (Lipinski definition) is 0. The summed E-state index contributed by atoms with van der Waals surface area (Å²) < 4.78 is 27.5. The van der Waals surface area contributed by atoms with Gasteiger partial charge < -0.3 is 4.74 Å². The predicted molar refractivity (Wildman–Crippen MR) is 81.0 cm³/mol. The number of carbonyl (C=O) groups excluding carboxylic acids is 1. The summed E-state index contributed by atoms with van der Waals surface area (Å²) in [6.45, 7) is 3.98. The van der Waals surface area contributed by atoms with Crippen molar-refractivity contribution in [2.45, 2.75) is 56.3 Å². The molecule has 1 aromatic heterocycles. The molecule has 1 rings (SSSR count). The van der Waals surface area contributed by atoms with Crippen molar-refractivity contribution in [3.8, 4) is 0 Å². The third-order valence-electron chi connectivity index (χ3n) is 2.82. The molecule has 20 heavy (non-hydrogen) atoms. The number of carbonyl (C=O) groups is 1. The number of hydrogen-bond acceptors (Lipinski definition) is 5. The number of thiophene rings is 1. The normalized spacial score (nSPS) is 13.2. The second-order valence-corrected chi connectivity index (χ2v) is 8.36. The van der Waals surface area contributed by atoms with Gasteiger partial charge in [-0.2, -0.15) is 0 Å². The van der Waals surface area contributed by atoms with E-state index in [1.165, 1.54) is 24.3 Å². The molecule has 0 aliphatic carbocycles. The summed E-state index contributed by atoms with van der Waals surface area (Å²) in [5.74, 6) is -0.504. The summed E-state index contributed by atoms with van der Waals surface area (Å²) >= 11 is 0.916. The van der Waals surface area contributed by atoms with Crippen LogP contribution in [0, 0.1) is 0 Å². The van der Waals surface area contributed by atoms with Crippen molar-refractivity contribution in [2.24, 2.45) is 0 Å². The smallest absolute Gasteiger partial charge is 0.339 e. The van der Waals surface area contributed by atoms with Gasteiger partial charge >= 0.3 is 5.97 Å². The zero-order valence-corrected chi connectivity index (χ0v) is 14.0. The molecular formula is C13H19ClO4S2. The molecule has 0 fully saturated rings. The molecule has 4 nitrogen and oxygen atoms in total. The number of halogens is 1. The fourth-order valence-electron chi connectivity index (χ4n) is 1.72. The molecule has 0 bridgehead atoms. The monoisotopic (exact) mass is 338 g/mol. The summed E-state index contributed by atoms with van der Waals surface area (Å²) in [5.41, 5.74) is 0.231. The zero-order chi connectivity index (χ0) is 15.2. The highest BCUT2D eigenvalue weighted by Crippen LogP contribution is 2.24. The van der Waals surface area contributed by atoms with E-state index in [2.05, 4.69) is 6.92 Å². The standard InChI is InChI=1S/C13H19ClO4S2/c1-3-4-5-6-7-10(2)18-13(15)11-8-12(19-9-11)20(14,16)17/h8-10H,3-7H2,1-2H3. The van der Waals surface area contributed by atoms with Gasteiger partial charge in [0.25, 0.3) is 9.05 Å². The fraction of sp³-hybridized carbons (Fsp3) is 0.615. The molecule has 1 aromatic rings. The van der Waals surface area contributed by atoms with Gasteiger partial charge in [-0.05, 0) is 25.8 Å². The second-order valence-electron chi connectivity index (χ2n) is 4.66. The van der Waals surface area contributed by atoms with Gasteiger partial charge in [0, 0.05) is 16.1 Å². The van der Waals surface area contributed by atoms with Crippen molar-refractivity contribution >= 4 is 37.0 Å². The highest BCUT2D eigenvalue weighted by Gasteiger charge is 2.18. The maximum atomic E-state index is 11.8. The first kappa shape index (κ1) is 17.5. The number of esters is 1. The van der Waals surface area contributed by atoms with E-state index >= 15 is 0 Å². The third kappa shape index (κ3) is 5.81. The van der Waals surface area contributed by atoms with Crippen molar-refractivity contribution in [1.29, 1.82) is 0 Å². The van der Waals surface area contributed by atoms with E-state index in [4.69, 9.17) is 15.4 Å². The molecule has 0 saturated carbocycles.